The molecule has 0 bridgehead atoms. The average molecular weight is 289 g/mol. The fraction of sp³-hybridized carbons (Fsp3) is 0.429. The lowest BCUT2D eigenvalue weighted by atomic mass is 10.00. The lowest BCUT2D eigenvalue weighted by Crippen LogP contribution is -2.28. The van der Waals surface area contributed by atoms with Crippen LogP contribution < -0.4 is 11.3 Å². The standard InChI is InChI=1S/C14H19ClF2N2/c1-2-3-4-5-6-7-14(19-18)10-8-13(17)11(15)9-12(10)16/h2,8-9,14,19H,1,3-7,18H2. The van der Waals surface area contributed by atoms with Crippen molar-refractivity contribution in [3.05, 3.63) is 47.0 Å². The Bertz CT molecular complexity index is 424. The van der Waals surface area contributed by atoms with Gasteiger partial charge in [-0.15, -0.1) is 6.58 Å². The van der Waals surface area contributed by atoms with E-state index in [0.717, 1.165) is 37.8 Å². The lowest BCUT2D eigenvalue weighted by molar-refractivity contribution is 0.458. The molecule has 5 heteroatoms. The number of rotatable bonds is 8. The van der Waals surface area contributed by atoms with Crippen LogP contribution in [-0.4, -0.2) is 0 Å². The van der Waals surface area contributed by atoms with Crippen molar-refractivity contribution in [2.24, 2.45) is 5.84 Å². The summed E-state index contributed by atoms with van der Waals surface area (Å²) in [6, 6.07) is 1.68. The zero-order valence-corrected chi connectivity index (χ0v) is 11.5. The van der Waals surface area contributed by atoms with E-state index < -0.39 is 17.7 Å². The number of unbranched alkanes of at least 4 members (excludes halogenated alkanes) is 3. The molecule has 0 spiro atoms. The quantitative estimate of drug-likeness (QED) is 0.247. The SMILES string of the molecule is C=CCCCCCC(NN)c1cc(F)c(Cl)cc1F. The van der Waals surface area contributed by atoms with Crippen molar-refractivity contribution in [1.82, 2.24) is 5.43 Å². The highest BCUT2D eigenvalue weighted by atomic mass is 35.5. The largest absolute Gasteiger partial charge is 0.271 e. The molecule has 0 aliphatic carbocycles. The number of benzene rings is 1. The summed E-state index contributed by atoms with van der Waals surface area (Å²) < 4.78 is 27.1. The first-order chi connectivity index (χ1) is 9.10. The minimum atomic E-state index is -0.634. The van der Waals surface area contributed by atoms with E-state index in [0.29, 0.717) is 6.42 Å². The molecule has 0 saturated heterocycles. The minimum Gasteiger partial charge on any atom is -0.271 e. The van der Waals surface area contributed by atoms with Crippen molar-refractivity contribution in [2.75, 3.05) is 0 Å². The van der Waals surface area contributed by atoms with Gasteiger partial charge in [0.2, 0.25) is 0 Å². The summed E-state index contributed by atoms with van der Waals surface area (Å²) in [7, 11) is 0. The fourth-order valence-corrected chi connectivity index (χ4v) is 2.10. The van der Waals surface area contributed by atoms with Crippen LogP contribution in [0.4, 0.5) is 8.78 Å². The number of hydrazine groups is 1. The Labute approximate surface area is 117 Å². The Balaban J connectivity index is 2.64. The molecule has 0 heterocycles. The second-order valence-electron chi connectivity index (χ2n) is 4.43. The van der Waals surface area contributed by atoms with E-state index in [4.69, 9.17) is 17.4 Å². The summed E-state index contributed by atoms with van der Waals surface area (Å²) in [6.07, 6.45) is 6.40. The van der Waals surface area contributed by atoms with E-state index in [-0.39, 0.29) is 10.6 Å². The van der Waals surface area contributed by atoms with Gasteiger partial charge >= 0.3 is 0 Å². The lowest BCUT2D eigenvalue weighted by Gasteiger charge is -2.17. The normalized spacial score (nSPS) is 12.4. The van der Waals surface area contributed by atoms with Gasteiger partial charge in [0.05, 0.1) is 5.02 Å². The van der Waals surface area contributed by atoms with Gasteiger partial charge < -0.3 is 0 Å². The third-order valence-electron chi connectivity index (χ3n) is 3.02. The Morgan fingerprint density at radius 3 is 2.63 bits per heavy atom. The van der Waals surface area contributed by atoms with Crippen LogP contribution in [0.15, 0.2) is 24.8 Å². The third kappa shape index (κ3) is 4.90. The molecule has 0 aromatic heterocycles. The zero-order valence-electron chi connectivity index (χ0n) is 10.8. The number of hydrogen-bond donors (Lipinski definition) is 2. The molecule has 0 fully saturated rings. The second-order valence-corrected chi connectivity index (χ2v) is 4.84. The maximum atomic E-state index is 13.7. The number of hydrogen-bond acceptors (Lipinski definition) is 2. The van der Waals surface area contributed by atoms with Crippen LogP contribution in [-0.2, 0) is 0 Å². The molecule has 1 aromatic carbocycles. The van der Waals surface area contributed by atoms with Crippen molar-refractivity contribution in [3.8, 4) is 0 Å². The molecule has 1 unspecified atom stereocenters. The first kappa shape index (κ1) is 16.1. The second kappa shape index (κ2) is 8.25. The molecule has 106 valence electrons. The van der Waals surface area contributed by atoms with E-state index in [1.807, 2.05) is 6.08 Å². The monoisotopic (exact) mass is 288 g/mol. The predicted molar refractivity (Wildman–Crippen MR) is 74.7 cm³/mol. The summed E-state index contributed by atoms with van der Waals surface area (Å²) in [5.74, 6) is 4.24. The molecule has 19 heavy (non-hydrogen) atoms. The maximum absolute atomic E-state index is 13.7. The molecule has 0 aliphatic rings. The van der Waals surface area contributed by atoms with Crippen molar-refractivity contribution >= 4 is 11.6 Å². The fourth-order valence-electron chi connectivity index (χ4n) is 1.95. The van der Waals surface area contributed by atoms with Gasteiger partial charge in [-0.05, 0) is 31.4 Å². The Morgan fingerprint density at radius 2 is 2.00 bits per heavy atom. The molecular formula is C14H19ClF2N2. The topological polar surface area (TPSA) is 38.0 Å². The molecule has 1 aromatic rings. The van der Waals surface area contributed by atoms with Gasteiger partial charge in [-0.25, -0.2) is 8.78 Å². The van der Waals surface area contributed by atoms with E-state index in [1.54, 1.807) is 0 Å². The molecule has 0 saturated carbocycles. The summed E-state index contributed by atoms with van der Waals surface area (Å²) >= 11 is 5.52. The van der Waals surface area contributed by atoms with Crippen LogP contribution in [0.5, 0.6) is 0 Å². The first-order valence-corrected chi connectivity index (χ1v) is 6.69. The van der Waals surface area contributed by atoms with Crippen LogP contribution in [0.2, 0.25) is 5.02 Å². The highest BCUT2D eigenvalue weighted by molar-refractivity contribution is 6.30. The third-order valence-corrected chi connectivity index (χ3v) is 3.31. The van der Waals surface area contributed by atoms with Gasteiger partial charge in [0.25, 0.3) is 0 Å². The summed E-state index contributed by atoms with van der Waals surface area (Å²) in [5.41, 5.74) is 2.74. The average Bonchev–Trinajstić information content (AvgIpc) is 2.39. The number of nitrogens with two attached hydrogens (primary N) is 1. The van der Waals surface area contributed by atoms with E-state index in [9.17, 15) is 8.78 Å². The summed E-state index contributed by atoms with van der Waals surface area (Å²) in [5, 5.41) is -0.219. The highest BCUT2D eigenvalue weighted by Crippen LogP contribution is 2.26. The molecular weight excluding hydrogens is 270 g/mol. The molecule has 3 N–H and O–H groups in total. The van der Waals surface area contributed by atoms with E-state index >= 15 is 0 Å². The Kier molecular flexibility index (Phi) is 6.99. The van der Waals surface area contributed by atoms with Crippen molar-refractivity contribution in [2.45, 2.75) is 38.1 Å². The van der Waals surface area contributed by atoms with Crippen LogP contribution >= 0.6 is 11.6 Å². The van der Waals surface area contributed by atoms with Gasteiger partial charge in [-0.3, -0.25) is 11.3 Å². The molecule has 1 atom stereocenters. The van der Waals surface area contributed by atoms with Gasteiger partial charge in [0, 0.05) is 11.6 Å². The minimum absolute atomic E-state index is 0.216. The van der Waals surface area contributed by atoms with Gasteiger partial charge in [0.15, 0.2) is 0 Å². The molecule has 2 nitrogen and oxygen atoms in total. The van der Waals surface area contributed by atoms with E-state index in [1.165, 1.54) is 0 Å². The van der Waals surface area contributed by atoms with Crippen molar-refractivity contribution in [1.29, 1.82) is 0 Å². The predicted octanol–water partition coefficient (Wildman–Crippen LogP) is 4.26. The number of nitrogens with one attached hydrogen (secondary N) is 1. The van der Waals surface area contributed by atoms with Crippen molar-refractivity contribution < 1.29 is 8.78 Å². The van der Waals surface area contributed by atoms with Crippen LogP contribution in [0, 0.1) is 11.6 Å². The molecule has 0 radical (unpaired) electrons. The first-order valence-electron chi connectivity index (χ1n) is 6.31. The van der Waals surface area contributed by atoms with Crippen molar-refractivity contribution in [3.63, 3.8) is 0 Å². The Hall–Kier alpha value is -0.970. The smallest absolute Gasteiger partial charge is 0.142 e. The molecule has 0 aliphatic heterocycles. The van der Waals surface area contributed by atoms with Gasteiger partial charge in [0.1, 0.15) is 11.6 Å². The Morgan fingerprint density at radius 1 is 1.26 bits per heavy atom. The number of allylic oxidation sites excluding steroid dienone is 1. The summed E-state index contributed by atoms with van der Waals surface area (Å²) in [6.45, 7) is 3.65. The maximum Gasteiger partial charge on any atom is 0.142 e. The number of halogens is 3. The highest BCUT2D eigenvalue weighted by Gasteiger charge is 2.16. The van der Waals surface area contributed by atoms with Crippen LogP contribution in [0.3, 0.4) is 0 Å². The van der Waals surface area contributed by atoms with Gasteiger partial charge in [-0.1, -0.05) is 30.5 Å². The van der Waals surface area contributed by atoms with E-state index in [2.05, 4.69) is 12.0 Å². The van der Waals surface area contributed by atoms with Gasteiger partial charge in [-0.2, -0.15) is 0 Å². The summed E-state index contributed by atoms with van der Waals surface area (Å²) in [4.78, 5) is 0. The molecule has 1 rings (SSSR count). The zero-order chi connectivity index (χ0) is 14.3. The van der Waals surface area contributed by atoms with Crippen LogP contribution in [0.1, 0.15) is 43.7 Å². The molecule has 0 amide bonds. The van der Waals surface area contributed by atoms with Crippen LogP contribution in [0.25, 0.3) is 0 Å².